The van der Waals surface area contributed by atoms with E-state index in [2.05, 4.69) is 53.0 Å². The van der Waals surface area contributed by atoms with Gasteiger partial charge in [-0.2, -0.15) is 0 Å². The van der Waals surface area contributed by atoms with Gasteiger partial charge in [0.2, 0.25) is 0 Å². The van der Waals surface area contributed by atoms with E-state index in [9.17, 15) is 0 Å². The number of hydrogen-bond acceptors (Lipinski definition) is 4. The number of aliphatic imine (C=N–C) groups is 1. The molecule has 2 N–H and O–H groups in total. The second-order valence-electron chi connectivity index (χ2n) is 8.97. The van der Waals surface area contributed by atoms with Crippen LogP contribution in [0.25, 0.3) is 0 Å². The molecule has 0 aliphatic carbocycles. The van der Waals surface area contributed by atoms with Crippen LogP contribution in [0.4, 0.5) is 0 Å². The van der Waals surface area contributed by atoms with Crippen molar-refractivity contribution in [3.8, 4) is 0 Å². The van der Waals surface area contributed by atoms with Gasteiger partial charge in [-0.3, -0.25) is 9.89 Å². The molecular weight excluding hydrogens is 348 g/mol. The van der Waals surface area contributed by atoms with Gasteiger partial charge in [0.1, 0.15) is 0 Å². The van der Waals surface area contributed by atoms with Gasteiger partial charge in [0.25, 0.3) is 0 Å². The number of likely N-dealkylation sites (tertiary alicyclic amines) is 1. The lowest BCUT2D eigenvalue weighted by Gasteiger charge is -2.40. The summed E-state index contributed by atoms with van der Waals surface area (Å²) in [5.74, 6) is 0.976. The van der Waals surface area contributed by atoms with Crippen LogP contribution in [0.1, 0.15) is 59.8 Å². The maximum atomic E-state index is 4.90. The van der Waals surface area contributed by atoms with Crippen molar-refractivity contribution in [1.29, 1.82) is 0 Å². The van der Waals surface area contributed by atoms with E-state index in [4.69, 9.17) is 4.99 Å². The van der Waals surface area contributed by atoms with E-state index in [0.29, 0.717) is 0 Å². The van der Waals surface area contributed by atoms with Crippen molar-refractivity contribution in [1.82, 2.24) is 25.3 Å². The third-order valence-corrected chi connectivity index (χ3v) is 6.29. The molecule has 6 nitrogen and oxygen atoms in total. The SMILES string of the molecule is CCNC(=NCC(C)(C)N1CCCCC1)NCCCCN1CCN(CC)CC1. The number of likely N-dealkylation sites (N-methyl/N-ethyl adjacent to an activating group) is 1. The average molecular weight is 395 g/mol. The van der Waals surface area contributed by atoms with Gasteiger partial charge in [0.15, 0.2) is 5.96 Å². The van der Waals surface area contributed by atoms with Crippen LogP contribution in [0, 0.1) is 0 Å². The fourth-order valence-electron chi connectivity index (χ4n) is 4.21. The summed E-state index contributed by atoms with van der Waals surface area (Å²) in [5.41, 5.74) is 0.142. The summed E-state index contributed by atoms with van der Waals surface area (Å²) < 4.78 is 0. The number of unbranched alkanes of at least 4 members (excludes halogenated alkanes) is 1. The summed E-state index contributed by atoms with van der Waals surface area (Å²) in [6.07, 6.45) is 6.51. The fourth-order valence-corrected chi connectivity index (χ4v) is 4.21. The van der Waals surface area contributed by atoms with Crippen molar-refractivity contribution in [2.45, 2.75) is 65.3 Å². The molecule has 0 aromatic heterocycles. The Morgan fingerprint density at radius 2 is 1.54 bits per heavy atom. The summed E-state index contributed by atoms with van der Waals surface area (Å²) in [4.78, 5) is 12.7. The molecule has 2 rings (SSSR count). The Labute approximate surface area is 174 Å². The molecule has 6 heteroatoms. The summed E-state index contributed by atoms with van der Waals surface area (Å²) in [6, 6.07) is 0. The van der Waals surface area contributed by atoms with Crippen molar-refractivity contribution in [2.75, 3.05) is 72.0 Å². The van der Waals surface area contributed by atoms with Gasteiger partial charge in [-0.05, 0) is 72.6 Å². The van der Waals surface area contributed by atoms with Crippen LogP contribution in [0.15, 0.2) is 4.99 Å². The summed E-state index contributed by atoms with van der Waals surface area (Å²) in [7, 11) is 0. The quantitative estimate of drug-likeness (QED) is 0.338. The average Bonchev–Trinajstić information content (AvgIpc) is 2.73. The lowest BCUT2D eigenvalue weighted by atomic mass is 9.99. The maximum absolute atomic E-state index is 4.90. The number of nitrogens with one attached hydrogen (secondary N) is 2. The molecular formula is C22H46N6. The first kappa shape index (κ1) is 23.4. The Hall–Kier alpha value is -0.850. The van der Waals surface area contributed by atoms with Crippen molar-refractivity contribution < 1.29 is 0 Å². The molecule has 2 saturated heterocycles. The third-order valence-electron chi connectivity index (χ3n) is 6.29. The molecule has 164 valence electrons. The largest absolute Gasteiger partial charge is 0.357 e. The maximum Gasteiger partial charge on any atom is 0.191 e. The van der Waals surface area contributed by atoms with Crippen LogP contribution in [0.3, 0.4) is 0 Å². The highest BCUT2D eigenvalue weighted by molar-refractivity contribution is 5.79. The molecule has 0 spiro atoms. The van der Waals surface area contributed by atoms with E-state index in [1.807, 2.05) is 0 Å². The van der Waals surface area contributed by atoms with E-state index in [0.717, 1.165) is 25.6 Å². The highest BCUT2D eigenvalue weighted by atomic mass is 15.3. The molecule has 0 unspecified atom stereocenters. The minimum absolute atomic E-state index is 0.142. The Balaban J connectivity index is 1.65. The number of rotatable bonds is 10. The first-order valence-electron chi connectivity index (χ1n) is 11.8. The van der Waals surface area contributed by atoms with Crippen molar-refractivity contribution >= 4 is 5.96 Å². The van der Waals surface area contributed by atoms with Crippen LogP contribution in [-0.2, 0) is 0 Å². The number of nitrogens with zero attached hydrogens (tertiary/aromatic N) is 4. The van der Waals surface area contributed by atoms with Crippen molar-refractivity contribution in [2.24, 2.45) is 4.99 Å². The molecule has 2 aliphatic rings. The zero-order valence-electron chi connectivity index (χ0n) is 19.1. The minimum atomic E-state index is 0.142. The van der Waals surface area contributed by atoms with Crippen LogP contribution >= 0.6 is 0 Å². The first-order valence-corrected chi connectivity index (χ1v) is 11.8. The van der Waals surface area contributed by atoms with E-state index in [1.54, 1.807) is 0 Å². The molecule has 2 heterocycles. The minimum Gasteiger partial charge on any atom is -0.357 e. The van der Waals surface area contributed by atoms with Crippen LogP contribution < -0.4 is 10.6 Å². The number of guanidine groups is 1. The van der Waals surface area contributed by atoms with Gasteiger partial charge in [-0.1, -0.05) is 13.3 Å². The van der Waals surface area contributed by atoms with Crippen LogP contribution in [0.5, 0.6) is 0 Å². The molecule has 0 radical (unpaired) electrons. The standard InChI is InChI=1S/C22H46N6/c1-5-23-21(25-20-22(3,4)28-14-9-7-10-15-28)24-12-8-11-13-27-18-16-26(6-2)17-19-27/h5-20H2,1-4H3,(H2,23,24,25). The van der Waals surface area contributed by atoms with E-state index in [1.165, 1.54) is 84.5 Å². The number of hydrogen-bond donors (Lipinski definition) is 2. The molecule has 2 fully saturated rings. The van der Waals surface area contributed by atoms with E-state index < -0.39 is 0 Å². The van der Waals surface area contributed by atoms with E-state index in [-0.39, 0.29) is 5.54 Å². The molecule has 0 bridgehead atoms. The lowest BCUT2D eigenvalue weighted by molar-refractivity contribution is 0.102. The monoisotopic (exact) mass is 394 g/mol. The van der Waals surface area contributed by atoms with Crippen molar-refractivity contribution in [3.63, 3.8) is 0 Å². The Morgan fingerprint density at radius 3 is 2.18 bits per heavy atom. The van der Waals surface area contributed by atoms with Gasteiger partial charge < -0.3 is 20.4 Å². The van der Waals surface area contributed by atoms with Gasteiger partial charge in [0, 0.05) is 44.8 Å². The Bertz CT molecular complexity index is 436. The highest BCUT2D eigenvalue weighted by Gasteiger charge is 2.27. The second kappa shape index (κ2) is 12.7. The van der Waals surface area contributed by atoms with Gasteiger partial charge >= 0.3 is 0 Å². The molecule has 2 aliphatic heterocycles. The van der Waals surface area contributed by atoms with Crippen LogP contribution in [-0.4, -0.2) is 98.2 Å². The predicted molar refractivity (Wildman–Crippen MR) is 121 cm³/mol. The van der Waals surface area contributed by atoms with Gasteiger partial charge in [-0.15, -0.1) is 0 Å². The molecule has 0 aromatic carbocycles. The summed E-state index contributed by atoms with van der Waals surface area (Å²) >= 11 is 0. The molecule has 0 saturated carbocycles. The summed E-state index contributed by atoms with van der Waals surface area (Å²) in [6.45, 7) is 21.7. The Kier molecular flexibility index (Phi) is 10.6. The normalized spacial score (nSPS) is 21.1. The molecule has 0 aromatic rings. The molecule has 0 amide bonds. The molecule has 28 heavy (non-hydrogen) atoms. The zero-order chi connectivity index (χ0) is 20.2. The number of piperidine rings is 1. The first-order chi connectivity index (χ1) is 13.5. The van der Waals surface area contributed by atoms with Crippen molar-refractivity contribution in [3.05, 3.63) is 0 Å². The smallest absolute Gasteiger partial charge is 0.191 e. The topological polar surface area (TPSA) is 46.1 Å². The zero-order valence-corrected chi connectivity index (χ0v) is 19.1. The van der Waals surface area contributed by atoms with Gasteiger partial charge in [-0.25, -0.2) is 0 Å². The molecule has 0 atom stereocenters. The highest BCUT2D eigenvalue weighted by Crippen LogP contribution is 2.20. The lowest BCUT2D eigenvalue weighted by Crippen LogP contribution is -2.49. The number of piperazine rings is 1. The second-order valence-corrected chi connectivity index (χ2v) is 8.97. The summed E-state index contributed by atoms with van der Waals surface area (Å²) in [5, 5.41) is 6.96. The van der Waals surface area contributed by atoms with Gasteiger partial charge in [0.05, 0.1) is 6.54 Å². The fraction of sp³-hybridized carbons (Fsp3) is 0.955. The Morgan fingerprint density at radius 1 is 0.857 bits per heavy atom. The van der Waals surface area contributed by atoms with E-state index >= 15 is 0 Å². The predicted octanol–water partition coefficient (Wildman–Crippen LogP) is 2.22. The van der Waals surface area contributed by atoms with Crippen LogP contribution in [0.2, 0.25) is 0 Å². The third kappa shape index (κ3) is 8.26.